The van der Waals surface area contributed by atoms with Gasteiger partial charge in [0.1, 0.15) is 9.71 Å². The van der Waals surface area contributed by atoms with E-state index in [0.717, 1.165) is 53.5 Å². The van der Waals surface area contributed by atoms with Gasteiger partial charge in [0.15, 0.2) is 18.1 Å². The predicted molar refractivity (Wildman–Crippen MR) is 167 cm³/mol. The maximum absolute atomic E-state index is 13.0. The smallest absolute Gasteiger partial charge is 0.417 e. The minimum absolute atomic E-state index is 0.0339. The third kappa shape index (κ3) is 4.98. The SMILES string of the molecule is COc1cnc2c(-c3nc4c(C)cc5c(c4s3)OCC(OC(=O)N(C)c3ccc(-c4cccs4)nc3)O5)cc(C)cc2n1. The molecule has 0 N–H and O–H groups in total. The van der Waals surface area contributed by atoms with Gasteiger partial charge in [0.05, 0.1) is 52.3 Å². The molecule has 1 atom stereocenters. The Morgan fingerprint density at radius 2 is 1.95 bits per heavy atom. The Bertz CT molecular complexity index is 1990. The number of aryl methyl sites for hydroxylation is 2. The van der Waals surface area contributed by atoms with E-state index in [1.165, 1.54) is 16.2 Å². The Morgan fingerprint density at radius 1 is 1.07 bits per heavy atom. The number of carbonyl (C=O) groups is 1. The normalized spacial score (nSPS) is 14.2. The first-order valence-electron chi connectivity index (χ1n) is 13.4. The van der Waals surface area contributed by atoms with Crippen LogP contribution in [-0.2, 0) is 4.74 Å². The molecule has 0 radical (unpaired) electrons. The molecule has 0 saturated carbocycles. The van der Waals surface area contributed by atoms with E-state index in [2.05, 4.69) is 21.0 Å². The van der Waals surface area contributed by atoms with Crippen LogP contribution in [-0.4, -0.2) is 53.1 Å². The van der Waals surface area contributed by atoms with Crippen molar-refractivity contribution in [2.24, 2.45) is 0 Å². The number of benzene rings is 2. The summed E-state index contributed by atoms with van der Waals surface area (Å²) in [5.74, 6) is 1.52. The van der Waals surface area contributed by atoms with Crippen LogP contribution in [0.25, 0.3) is 42.4 Å². The molecule has 6 aromatic rings. The zero-order valence-corrected chi connectivity index (χ0v) is 25.3. The van der Waals surface area contributed by atoms with Crippen molar-refractivity contribution in [2.75, 3.05) is 25.7 Å². The van der Waals surface area contributed by atoms with Gasteiger partial charge in [0.2, 0.25) is 5.88 Å². The Labute approximate surface area is 254 Å². The van der Waals surface area contributed by atoms with Crippen molar-refractivity contribution in [3.63, 3.8) is 0 Å². The lowest BCUT2D eigenvalue weighted by atomic mass is 10.1. The van der Waals surface area contributed by atoms with E-state index in [4.69, 9.17) is 23.9 Å². The van der Waals surface area contributed by atoms with Crippen molar-refractivity contribution in [2.45, 2.75) is 20.1 Å². The predicted octanol–water partition coefficient (Wildman–Crippen LogP) is 7.03. The van der Waals surface area contributed by atoms with Crippen LogP contribution in [0.1, 0.15) is 11.1 Å². The Balaban J connectivity index is 1.13. The summed E-state index contributed by atoms with van der Waals surface area (Å²) in [6, 6.07) is 13.6. The molecule has 1 aliphatic rings. The number of methoxy groups -OCH3 is 1. The van der Waals surface area contributed by atoms with Crippen molar-refractivity contribution in [1.82, 2.24) is 19.9 Å². The van der Waals surface area contributed by atoms with Crippen LogP contribution in [0.3, 0.4) is 0 Å². The minimum Gasteiger partial charge on any atom is -0.480 e. The zero-order chi connectivity index (χ0) is 29.7. The first kappa shape index (κ1) is 27.0. The van der Waals surface area contributed by atoms with Crippen LogP contribution in [0, 0.1) is 13.8 Å². The summed E-state index contributed by atoms with van der Waals surface area (Å²) < 4.78 is 24.0. The van der Waals surface area contributed by atoms with Gasteiger partial charge in [0, 0.05) is 12.6 Å². The van der Waals surface area contributed by atoms with Gasteiger partial charge in [-0.3, -0.25) is 9.88 Å². The molecule has 12 heteroatoms. The number of thiophene rings is 1. The molecule has 0 aliphatic carbocycles. The van der Waals surface area contributed by atoms with E-state index in [1.54, 1.807) is 37.9 Å². The highest BCUT2D eigenvalue weighted by Gasteiger charge is 2.30. The van der Waals surface area contributed by atoms with Crippen molar-refractivity contribution >= 4 is 55.7 Å². The molecule has 0 saturated heterocycles. The quantitative estimate of drug-likeness (QED) is 0.203. The fourth-order valence-corrected chi connectivity index (χ4v) is 6.72. The number of pyridine rings is 1. The Morgan fingerprint density at radius 3 is 2.72 bits per heavy atom. The van der Waals surface area contributed by atoms with Crippen molar-refractivity contribution < 1.29 is 23.7 Å². The number of carbonyl (C=O) groups excluding carboxylic acids is 1. The topological polar surface area (TPSA) is 109 Å². The maximum atomic E-state index is 13.0. The van der Waals surface area contributed by atoms with Crippen LogP contribution in [0.5, 0.6) is 17.4 Å². The van der Waals surface area contributed by atoms with E-state index in [1.807, 2.05) is 55.6 Å². The van der Waals surface area contributed by atoms with Crippen LogP contribution < -0.4 is 19.1 Å². The molecular formula is C31H25N5O5S2. The zero-order valence-electron chi connectivity index (χ0n) is 23.7. The molecule has 1 aliphatic heterocycles. The maximum Gasteiger partial charge on any atom is 0.417 e. The number of thiazole rings is 1. The van der Waals surface area contributed by atoms with Gasteiger partial charge in [-0.15, -0.1) is 22.7 Å². The molecule has 1 amide bonds. The second-order valence-corrected chi connectivity index (χ2v) is 11.9. The molecule has 216 valence electrons. The van der Waals surface area contributed by atoms with Crippen LogP contribution in [0.2, 0.25) is 0 Å². The number of nitrogens with zero attached hydrogens (tertiary/aromatic N) is 5. The van der Waals surface area contributed by atoms with Crippen molar-refractivity contribution in [3.8, 4) is 38.5 Å². The Kier molecular flexibility index (Phi) is 6.79. The van der Waals surface area contributed by atoms with Gasteiger partial charge in [-0.2, -0.15) is 0 Å². The average Bonchev–Trinajstić information content (AvgIpc) is 3.72. The second kappa shape index (κ2) is 10.8. The first-order chi connectivity index (χ1) is 20.9. The van der Waals surface area contributed by atoms with E-state index in [0.29, 0.717) is 23.1 Å². The molecule has 0 spiro atoms. The van der Waals surface area contributed by atoms with Gasteiger partial charge in [-0.05, 0) is 66.8 Å². The number of amides is 1. The molecule has 4 aromatic heterocycles. The summed E-state index contributed by atoms with van der Waals surface area (Å²) in [6.07, 6.45) is 1.75. The molecule has 10 nitrogen and oxygen atoms in total. The molecule has 7 rings (SSSR count). The van der Waals surface area contributed by atoms with Gasteiger partial charge in [0.25, 0.3) is 6.29 Å². The lowest BCUT2D eigenvalue weighted by Gasteiger charge is -2.28. The molecular weight excluding hydrogens is 587 g/mol. The van der Waals surface area contributed by atoms with E-state index < -0.39 is 12.4 Å². The monoisotopic (exact) mass is 611 g/mol. The fraction of sp³-hybridized carbons (Fsp3) is 0.194. The summed E-state index contributed by atoms with van der Waals surface area (Å²) >= 11 is 3.10. The third-order valence-electron chi connectivity index (χ3n) is 7.02. The van der Waals surface area contributed by atoms with Gasteiger partial charge < -0.3 is 18.9 Å². The molecule has 2 aromatic carbocycles. The van der Waals surface area contributed by atoms with E-state index in [-0.39, 0.29) is 6.61 Å². The number of fused-ring (bicyclic) bond motifs is 4. The summed E-state index contributed by atoms with van der Waals surface area (Å²) in [7, 11) is 3.20. The number of rotatable bonds is 5. The molecule has 0 fully saturated rings. The summed E-state index contributed by atoms with van der Waals surface area (Å²) in [5, 5.41) is 2.79. The lowest BCUT2D eigenvalue weighted by Crippen LogP contribution is -2.38. The van der Waals surface area contributed by atoms with Crippen LogP contribution >= 0.6 is 22.7 Å². The first-order valence-corrected chi connectivity index (χ1v) is 15.1. The largest absolute Gasteiger partial charge is 0.480 e. The third-order valence-corrected chi connectivity index (χ3v) is 9.00. The minimum atomic E-state index is -0.920. The summed E-state index contributed by atoms with van der Waals surface area (Å²) in [6.45, 7) is 4.01. The molecule has 43 heavy (non-hydrogen) atoms. The second-order valence-electron chi connectivity index (χ2n) is 9.99. The standard InChI is InChI=1S/C31H25N5O5S2/c1-16-10-19(27-21(11-16)34-24(38-4)14-33-27)30-35-26-17(2)12-22-28(29(26)43-30)39-15-25(40-22)41-31(37)36(3)18-7-8-20(32-13-18)23-6-5-9-42-23/h5-14,25H,15H2,1-4H3. The van der Waals surface area contributed by atoms with Crippen LogP contribution in [0.15, 0.2) is 60.2 Å². The molecule has 5 heterocycles. The van der Waals surface area contributed by atoms with Gasteiger partial charge in [-0.1, -0.05) is 6.07 Å². The highest BCUT2D eigenvalue weighted by atomic mass is 32.1. The van der Waals surface area contributed by atoms with Gasteiger partial charge in [-0.25, -0.2) is 19.7 Å². The van der Waals surface area contributed by atoms with E-state index in [9.17, 15) is 4.79 Å². The number of hydrogen-bond donors (Lipinski definition) is 0. The summed E-state index contributed by atoms with van der Waals surface area (Å²) in [4.78, 5) is 34.0. The highest BCUT2D eigenvalue weighted by molar-refractivity contribution is 7.22. The number of ether oxygens (including phenoxy) is 4. The molecule has 0 bridgehead atoms. The summed E-state index contributed by atoms with van der Waals surface area (Å²) in [5.41, 5.74) is 6.55. The lowest BCUT2D eigenvalue weighted by molar-refractivity contribution is -0.0718. The van der Waals surface area contributed by atoms with Crippen molar-refractivity contribution in [3.05, 3.63) is 71.4 Å². The number of anilines is 1. The van der Waals surface area contributed by atoms with E-state index >= 15 is 0 Å². The van der Waals surface area contributed by atoms with Crippen molar-refractivity contribution in [1.29, 1.82) is 0 Å². The number of aromatic nitrogens is 4. The fourth-order valence-electron chi connectivity index (χ4n) is 4.87. The average molecular weight is 612 g/mol. The van der Waals surface area contributed by atoms with Gasteiger partial charge >= 0.3 is 6.09 Å². The number of hydrogen-bond acceptors (Lipinski definition) is 11. The highest BCUT2D eigenvalue weighted by Crippen LogP contribution is 2.46. The Hall–Kier alpha value is -4.81. The van der Waals surface area contributed by atoms with Crippen LogP contribution in [0.4, 0.5) is 10.5 Å². The molecule has 1 unspecified atom stereocenters.